The second-order valence-electron chi connectivity index (χ2n) is 13.6. The highest BCUT2D eigenvalue weighted by Gasteiger charge is 2.21. The van der Waals surface area contributed by atoms with Crippen LogP contribution in [0, 0.1) is 0 Å². The van der Waals surface area contributed by atoms with Gasteiger partial charge in [-0.1, -0.05) is 115 Å². The lowest BCUT2D eigenvalue weighted by Gasteiger charge is -2.12. The summed E-state index contributed by atoms with van der Waals surface area (Å²) in [6, 6.07) is 56.4. The number of aromatic nitrogens is 2. The van der Waals surface area contributed by atoms with Crippen LogP contribution < -0.4 is 11.1 Å². The summed E-state index contributed by atoms with van der Waals surface area (Å²) in [5, 5.41) is 7.94. The lowest BCUT2D eigenvalue weighted by molar-refractivity contribution is 0.669. The molecule has 0 aliphatic heterocycles. The Hall–Kier alpha value is -7.24. The van der Waals surface area contributed by atoms with E-state index in [0.29, 0.717) is 32.8 Å². The Morgan fingerprint density at radius 2 is 0.962 bits per heavy atom. The first-order valence-corrected chi connectivity index (χ1v) is 17.7. The van der Waals surface area contributed by atoms with E-state index >= 15 is 9.59 Å². The number of rotatable bonds is 3. The zero-order chi connectivity index (χ0) is 35.2. The Bertz CT molecular complexity index is 3430. The van der Waals surface area contributed by atoms with Crippen LogP contribution in [0.4, 0.5) is 0 Å². The Morgan fingerprint density at radius 3 is 1.74 bits per heavy atom. The van der Waals surface area contributed by atoms with Gasteiger partial charge in [0.15, 0.2) is 0 Å². The van der Waals surface area contributed by atoms with Gasteiger partial charge in [-0.15, -0.1) is 0 Å². The molecule has 0 amide bonds. The summed E-state index contributed by atoms with van der Waals surface area (Å²) in [7, 11) is 0. The highest BCUT2D eigenvalue weighted by molar-refractivity contribution is 6.20. The van der Waals surface area contributed by atoms with Crippen LogP contribution >= 0.6 is 0 Å². The van der Waals surface area contributed by atoms with Crippen molar-refractivity contribution in [3.63, 3.8) is 0 Å². The van der Waals surface area contributed by atoms with E-state index in [2.05, 4.69) is 53.1 Å². The van der Waals surface area contributed by atoms with Gasteiger partial charge in [-0.2, -0.15) is 0 Å². The third-order valence-corrected chi connectivity index (χ3v) is 10.7. The van der Waals surface area contributed by atoms with Crippen LogP contribution in [0.1, 0.15) is 0 Å². The highest BCUT2D eigenvalue weighted by Crippen LogP contribution is 2.38. The van der Waals surface area contributed by atoms with Crippen molar-refractivity contribution >= 4 is 76.1 Å². The summed E-state index contributed by atoms with van der Waals surface area (Å²) in [5.74, 6) is 0. The molecule has 248 valence electrons. The van der Waals surface area contributed by atoms with E-state index in [4.69, 9.17) is 4.42 Å². The van der Waals surface area contributed by atoms with E-state index in [1.54, 1.807) is 0 Å². The molecule has 0 saturated carbocycles. The third-order valence-electron chi connectivity index (χ3n) is 10.7. The molecule has 0 spiro atoms. The fourth-order valence-corrected chi connectivity index (χ4v) is 8.34. The molecule has 3 heterocycles. The molecule has 5 heteroatoms. The molecule has 8 aromatic carbocycles. The monoisotopic (exact) mass is 680 g/mol. The predicted octanol–water partition coefficient (Wildman–Crippen LogP) is 11.3. The van der Waals surface area contributed by atoms with Crippen LogP contribution in [0.2, 0.25) is 0 Å². The van der Waals surface area contributed by atoms with Crippen LogP contribution in [-0.2, 0) is 0 Å². The third kappa shape index (κ3) is 4.25. The second kappa shape index (κ2) is 11.1. The zero-order valence-electron chi connectivity index (χ0n) is 28.3. The summed E-state index contributed by atoms with van der Waals surface area (Å²) in [6.45, 7) is 0. The van der Waals surface area contributed by atoms with Crippen molar-refractivity contribution in [2.75, 3.05) is 0 Å². The van der Waals surface area contributed by atoms with Gasteiger partial charge in [-0.3, -0.25) is 9.59 Å². The van der Waals surface area contributed by atoms with Gasteiger partial charge in [0.25, 0.3) is 11.1 Å². The minimum atomic E-state index is -0.401. The van der Waals surface area contributed by atoms with E-state index in [-0.39, 0.29) is 5.56 Å². The van der Waals surface area contributed by atoms with Gasteiger partial charge in [0.1, 0.15) is 11.2 Å². The molecule has 0 bridgehead atoms. The van der Waals surface area contributed by atoms with Gasteiger partial charge in [0.05, 0.1) is 27.5 Å². The molecule has 0 N–H and O–H groups in total. The molecule has 0 aliphatic rings. The molecular weight excluding hydrogens is 653 g/mol. The Kier molecular flexibility index (Phi) is 6.19. The molecule has 11 rings (SSSR count). The first kappa shape index (κ1) is 29.5. The van der Waals surface area contributed by atoms with Gasteiger partial charge in [-0.25, -0.2) is 4.57 Å². The van der Waals surface area contributed by atoms with Crippen molar-refractivity contribution in [1.29, 1.82) is 0 Å². The smallest absolute Gasteiger partial charge is 0.266 e. The van der Waals surface area contributed by atoms with Crippen LogP contribution in [0.5, 0.6) is 0 Å². The maximum absolute atomic E-state index is 15.3. The van der Waals surface area contributed by atoms with Crippen LogP contribution in [0.15, 0.2) is 184 Å². The first-order chi connectivity index (χ1) is 26.1. The average Bonchev–Trinajstić information content (AvgIpc) is 3.73. The Morgan fingerprint density at radius 1 is 0.358 bits per heavy atom. The normalized spacial score (nSPS) is 11.9. The van der Waals surface area contributed by atoms with E-state index in [1.807, 2.05) is 121 Å². The van der Waals surface area contributed by atoms with Gasteiger partial charge < -0.3 is 8.98 Å². The molecule has 0 radical (unpaired) electrons. The second-order valence-corrected chi connectivity index (χ2v) is 13.6. The molecule has 5 nitrogen and oxygen atoms in total. The lowest BCUT2D eigenvalue weighted by atomic mass is 9.97. The average molecular weight is 681 g/mol. The largest absolute Gasteiger partial charge is 0.456 e. The standard InChI is InChI=1S/C48H28N2O3/c51-47-40-27-44-38(34-19-9-11-21-42(34)49(44)30-15-5-2-6-16-30)25-36(40)37-26-39-35-20-10-12-22-45(35)53-46(39)28-41(37)48(52)50(47)43-24-23-31(29-13-3-1-4-14-29)32-17-7-8-18-33(32)43/h1-28H. The number of hydrogen-bond donors (Lipinski definition) is 0. The lowest BCUT2D eigenvalue weighted by Crippen LogP contribution is -2.28. The highest BCUT2D eigenvalue weighted by atomic mass is 16.3. The number of para-hydroxylation sites is 3. The van der Waals surface area contributed by atoms with E-state index in [9.17, 15) is 0 Å². The molecule has 0 fully saturated rings. The fraction of sp³-hybridized carbons (Fsp3) is 0. The maximum atomic E-state index is 15.3. The van der Waals surface area contributed by atoms with Gasteiger partial charge >= 0.3 is 0 Å². The Balaban J connectivity index is 1.35. The number of benzene rings is 8. The van der Waals surface area contributed by atoms with E-state index < -0.39 is 5.56 Å². The maximum Gasteiger partial charge on any atom is 0.266 e. The molecule has 0 saturated heterocycles. The molecule has 53 heavy (non-hydrogen) atoms. The fourth-order valence-electron chi connectivity index (χ4n) is 8.34. The topological polar surface area (TPSA) is 57.1 Å². The summed E-state index contributed by atoms with van der Waals surface area (Å²) < 4.78 is 9.89. The SMILES string of the molecule is O=c1c2cc3oc4ccccc4c3cc2c2cc3c4ccccc4n(-c4ccccc4)c3cc2c(=O)n1-c1ccc(-c2ccccc2)c2ccccc12. The predicted molar refractivity (Wildman–Crippen MR) is 218 cm³/mol. The molecular formula is C48H28N2O3. The quantitative estimate of drug-likeness (QED) is 0.187. The molecule has 3 aromatic heterocycles. The van der Waals surface area contributed by atoms with Gasteiger partial charge in [0, 0.05) is 32.6 Å². The minimum absolute atomic E-state index is 0.382. The van der Waals surface area contributed by atoms with Crippen molar-refractivity contribution in [3.05, 3.63) is 191 Å². The van der Waals surface area contributed by atoms with Gasteiger partial charge in [0.2, 0.25) is 0 Å². The van der Waals surface area contributed by atoms with Crippen molar-refractivity contribution in [2.45, 2.75) is 0 Å². The van der Waals surface area contributed by atoms with Crippen molar-refractivity contribution in [2.24, 2.45) is 0 Å². The van der Waals surface area contributed by atoms with Crippen LogP contribution in [0.3, 0.4) is 0 Å². The number of furan rings is 1. The van der Waals surface area contributed by atoms with E-state index in [0.717, 1.165) is 65.7 Å². The van der Waals surface area contributed by atoms with Crippen molar-refractivity contribution in [1.82, 2.24) is 9.13 Å². The number of hydrogen-bond acceptors (Lipinski definition) is 3. The number of fused-ring (bicyclic) bond motifs is 10. The minimum Gasteiger partial charge on any atom is -0.456 e. The molecule has 0 aliphatic carbocycles. The summed E-state index contributed by atoms with van der Waals surface area (Å²) in [4.78, 5) is 30.5. The summed E-state index contributed by atoms with van der Waals surface area (Å²) in [6.07, 6.45) is 0. The zero-order valence-corrected chi connectivity index (χ0v) is 28.3. The molecule has 11 aromatic rings. The van der Waals surface area contributed by atoms with Gasteiger partial charge in [-0.05, 0) is 81.9 Å². The van der Waals surface area contributed by atoms with Crippen LogP contribution in [-0.4, -0.2) is 9.13 Å². The van der Waals surface area contributed by atoms with Crippen molar-refractivity contribution < 1.29 is 4.42 Å². The van der Waals surface area contributed by atoms with Crippen LogP contribution in [0.25, 0.3) is 98.6 Å². The summed E-state index contributed by atoms with van der Waals surface area (Å²) in [5.41, 5.74) is 6.08. The Labute approximate surface area is 301 Å². The first-order valence-electron chi connectivity index (χ1n) is 17.7. The molecule has 0 atom stereocenters. The molecule has 0 unspecified atom stereocenters. The van der Waals surface area contributed by atoms with E-state index in [1.165, 1.54) is 4.57 Å². The summed E-state index contributed by atoms with van der Waals surface area (Å²) >= 11 is 0. The number of nitrogens with zero attached hydrogens (tertiary/aromatic N) is 2. The van der Waals surface area contributed by atoms with Crippen molar-refractivity contribution in [3.8, 4) is 22.5 Å².